The Bertz CT molecular complexity index is 260. The van der Waals surface area contributed by atoms with Gasteiger partial charge in [0.25, 0.3) is 0 Å². The third-order valence-corrected chi connectivity index (χ3v) is 4.59. The maximum atomic E-state index is 11.5. The van der Waals surface area contributed by atoms with Gasteiger partial charge in [-0.3, -0.25) is 0 Å². The summed E-state index contributed by atoms with van der Waals surface area (Å²) in [4.78, 5) is 0. The van der Waals surface area contributed by atoms with Crippen molar-refractivity contribution in [3.05, 3.63) is 0 Å². The Hall–Kier alpha value is -0.0731. The molecule has 0 saturated carbocycles. The van der Waals surface area contributed by atoms with Crippen LogP contribution in [0, 0.1) is 16.6 Å². The molecule has 0 aliphatic heterocycles. The van der Waals surface area contributed by atoms with Crippen molar-refractivity contribution in [3.63, 3.8) is 0 Å². The van der Waals surface area contributed by atoms with Crippen molar-refractivity contribution in [3.8, 4) is 11.2 Å². The fourth-order valence-electron chi connectivity index (χ4n) is 0.660. The van der Waals surface area contributed by atoms with Crippen molar-refractivity contribution < 1.29 is 4.21 Å². The lowest BCUT2D eigenvalue weighted by Crippen LogP contribution is -2.21. The highest BCUT2D eigenvalue weighted by Crippen LogP contribution is 2.11. The average molecular weight is 230 g/mol. The molecule has 1 nitrogen and oxygen atoms in total. The van der Waals surface area contributed by atoms with Crippen LogP contribution in [0.1, 0.15) is 20.8 Å². The van der Waals surface area contributed by atoms with Gasteiger partial charge < -0.3 is 0 Å². The fraction of sp³-hybridized carbons (Fsp3) is 0.818. The molecule has 0 aromatic carbocycles. The smallest absolute Gasteiger partial charge is 0.0971 e. The van der Waals surface area contributed by atoms with E-state index in [2.05, 4.69) is 30.8 Å². The number of hydrogen-bond acceptors (Lipinski definition) is 1. The van der Waals surface area contributed by atoms with Gasteiger partial charge in [-0.15, -0.1) is 0 Å². The zero-order chi connectivity index (χ0) is 11.4. The topological polar surface area (TPSA) is 17.1 Å². The van der Waals surface area contributed by atoms with Gasteiger partial charge in [-0.2, -0.15) is 0 Å². The van der Waals surface area contributed by atoms with Crippen LogP contribution in [-0.2, 0) is 10.8 Å². The lowest BCUT2D eigenvalue weighted by atomic mass is 9.99. The van der Waals surface area contributed by atoms with Gasteiger partial charge in [-0.25, -0.2) is 4.21 Å². The third kappa shape index (κ3) is 10.0. The second-order valence-corrected chi connectivity index (χ2v) is 12.8. The lowest BCUT2D eigenvalue weighted by molar-refractivity contribution is 0.571. The van der Waals surface area contributed by atoms with Crippen molar-refractivity contribution in [2.45, 2.75) is 46.5 Å². The first kappa shape index (κ1) is 13.9. The summed E-state index contributed by atoms with van der Waals surface area (Å²) in [7, 11) is -2.00. The molecule has 0 N–H and O–H groups in total. The number of rotatable bonds is 3. The summed E-state index contributed by atoms with van der Waals surface area (Å²) in [5.41, 5.74) is -0.0329. The highest BCUT2D eigenvalue weighted by molar-refractivity contribution is 7.89. The third-order valence-electron chi connectivity index (χ3n) is 1.58. The summed E-state index contributed by atoms with van der Waals surface area (Å²) >= 11 is 0. The Balaban J connectivity index is 4.05. The van der Waals surface area contributed by atoms with Crippen LogP contribution in [0.3, 0.4) is 0 Å². The molecular formula is C11H22OSSi. The van der Waals surface area contributed by atoms with E-state index in [1.807, 2.05) is 20.8 Å². The Morgan fingerprint density at radius 3 is 2.07 bits per heavy atom. The van der Waals surface area contributed by atoms with E-state index in [-0.39, 0.29) is 5.41 Å². The van der Waals surface area contributed by atoms with Crippen LogP contribution in [0.4, 0.5) is 0 Å². The van der Waals surface area contributed by atoms with Gasteiger partial charge in [-0.05, 0) is 32.1 Å². The van der Waals surface area contributed by atoms with Crippen molar-refractivity contribution >= 4 is 18.9 Å². The molecule has 0 aliphatic carbocycles. The Kier molecular flexibility index (Phi) is 5.11. The van der Waals surface area contributed by atoms with E-state index >= 15 is 0 Å². The molecule has 0 rings (SSSR count). The minimum absolute atomic E-state index is 0.0329. The molecule has 0 bridgehead atoms. The molecule has 0 saturated heterocycles. The highest BCUT2D eigenvalue weighted by Gasteiger charge is 2.13. The quantitative estimate of drug-likeness (QED) is 0.538. The highest BCUT2D eigenvalue weighted by atomic mass is 32.2. The first-order chi connectivity index (χ1) is 6.10. The second-order valence-electron chi connectivity index (χ2n) is 5.84. The van der Waals surface area contributed by atoms with Crippen LogP contribution in [0.25, 0.3) is 0 Å². The van der Waals surface area contributed by atoms with E-state index in [9.17, 15) is 4.21 Å². The lowest BCUT2D eigenvalue weighted by Gasteiger charge is -2.13. The van der Waals surface area contributed by atoms with Crippen LogP contribution in [0.2, 0.25) is 25.7 Å². The molecule has 0 amide bonds. The molecule has 0 fully saturated rings. The molecular weight excluding hydrogens is 208 g/mol. The minimum atomic E-state index is -1.06. The first-order valence-electron chi connectivity index (χ1n) is 5.01. The van der Waals surface area contributed by atoms with Crippen LogP contribution < -0.4 is 0 Å². The molecule has 1 unspecified atom stereocenters. The fourth-order valence-corrected chi connectivity index (χ4v) is 4.37. The molecule has 1 atom stereocenters. The monoisotopic (exact) mass is 230 g/mol. The van der Waals surface area contributed by atoms with Gasteiger partial charge in [0.15, 0.2) is 0 Å². The molecule has 0 heterocycles. The summed E-state index contributed by atoms with van der Waals surface area (Å²) in [5, 5.41) is 2.84. The summed E-state index contributed by atoms with van der Waals surface area (Å²) in [6.07, 6.45) is 0. The molecule has 0 spiro atoms. The Labute approximate surface area is 92.1 Å². The van der Waals surface area contributed by atoms with Crippen molar-refractivity contribution in [1.29, 1.82) is 0 Å². The maximum Gasteiger partial charge on any atom is 0.0971 e. The van der Waals surface area contributed by atoms with Crippen LogP contribution >= 0.6 is 0 Å². The van der Waals surface area contributed by atoms with Gasteiger partial charge in [0.05, 0.1) is 10.8 Å². The zero-order valence-corrected chi connectivity index (χ0v) is 12.0. The number of hydrogen-bond donors (Lipinski definition) is 0. The van der Waals surface area contributed by atoms with E-state index < -0.39 is 18.9 Å². The molecule has 0 aromatic rings. The largest absolute Gasteiger partial charge is 0.246 e. The zero-order valence-electron chi connectivity index (χ0n) is 10.2. The van der Waals surface area contributed by atoms with Crippen LogP contribution in [0.5, 0.6) is 0 Å². The molecule has 14 heavy (non-hydrogen) atoms. The van der Waals surface area contributed by atoms with Crippen molar-refractivity contribution in [2.24, 2.45) is 5.41 Å². The van der Waals surface area contributed by atoms with Gasteiger partial charge >= 0.3 is 0 Å². The average Bonchev–Trinajstić information content (AvgIpc) is 1.94. The van der Waals surface area contributed by atoms with Crippen molar-refractivity contribution in [2.75, 3.05) is 5.75 Å². The SMILES string of the molecule is CC(C)(C)C#CS(=O)CC[Si](C)(C)C. The normalized spacial score (nSPS) is 14.4. The van der Waals surface area contributed by atoms with Gasteiger partial charge in [0.2, 0.25) is 0 Å². The molecule has 0 aliphatic rings. The molecule has 3 heteroatoms. The van der Waals surface area contributed by atoms with Crippen LogP contribution in [0.15, 0.2) is 0 Å². The van der Waals surface area contributed by atoms with Gasteiger partial charge in [0, 0.05) is 19.2 Å². The van der Waals surface area contributed by atoms with Gasteiger partial charge in [0.1, 0.15) is 0 Å². The van der Waals surface area contributed by atoms with Gasteiger partial charge in [-0.1, -0.05) is 25.6 Å². The van der Waals surface area contributed by atoms with E-state index in [4.69, 9.17) is 0 Å². The second kappa shape index (κ2) is 5.13. The molecule has 0 aromatic heterocycles. The maximum absolute atomic E-state index is 11.5. The predicted molar refractivity (Wildman–Crippen MR) is 68.4 cm³/mol. The summed E-state index contributed by atoms with van der Waals surface area (Å²) < 4.78 is 11.5. The Morgan fingerprint density at radius 2 is 1.71 bits per heavy atom. The molecule has 0 radical (unpaired) electrons. The summed E-state index contributed by atoms with van der Waals surface area (Å²) in [6, 6.07) is 1.10. The first-order valence-corrected chi connectivity index (χ1v) is 10.0. The minimum Gasteiger partial charge on any atom is -0.246 e. The summed E-state index contributed by atoms with van der Waals surface area (Å²) in [5.74, 6) is 3.77. The predicted octanol–water partition coefficient (Wildman–Crippen LogP) is 3.08. The summed E-state index contributed by atoms with van der Waals surface area (Å²) in [6.45, 7) is 13.0. The van der Waals surface area contributed by atoms with E-state index in [0.29, 0.717) is 0 Å². The standard InChI is InChI=1S/C11H22OSSi/c1-11(2,3)7-8-13(12)9-10-14(4,5)6/h9-10H2,1-6H3. The van der Waals surface area contributed by atoms with Crippen LogP contribution in [-0.4, -0.2) is 18.0 Å². The van der Waals surface area contributed by atoms with E-state index in [1.54, 1.807) is 0 Å². The Morgan fingerprint density at radius 1 is 1.21 bits per heavy atom. The van der Waals surface area contributed by atoms with E-state index in [1.165, 1.54) is 0 Å². The van der Waals surface area contributed by atoms with E-state index in [0.717, 1.165) is 11.8 Å². The molecule has 82 valence electrons. The van der Waals surface area contributed by atoms with Crippen molar-refractivity contribution in [1.82, 2.24) is 0 Å².